The van der Waals surface area contributed by atoms with Crippen LogP contribution in [0.15, 0.2) is 53.3 Å². The molecule has 1 heterocycles. The number of hydrogen-bond donors (Lipinski definition) is 2. The van der Waals surface area contributed by atoms with Crippen LogP contribution >= 0.6 is 0 Å². The molecule has 2 aromatic carbocycles. The fourth-order valence-corrected chi connectivity index (χ4v) is 3.84. The van der Waals surface area contributed by atoms with E-state index in [4.69, 9.17) is 0 Å². The van der Waals surface area contributed by atoms with Gasteiger partial charge < -0.3 is 14.8 Å². The molecule has 0 saturated heterocycles. The van der Waals surface area contributed by atoms with Crippen LogP contribution in [0.25, 0.3) is 10.9 Å². The van der Waals surface area contributed by atoms with Crippen LogP contribution in [-0.4, -0.2) is 26.6 Å². The van der Waals surface area contributed by atoms with Crippen molar-refractivity contribution < 1.29 is 32.2 Å². The predicted molar refractivity (Wildman–Crippen MR) is 105 cm³/mol. The zero-order valence-electron chi connectivity index (χ0n) is 16.7. The van der Waals surface area contributed by atoms with Crippen molar-refractivity contribution in [3.63, 3.8) is 0 Å². The highest BCUT2D eigenvalue weighted by atomic mass is 19.4. The van der Waals surface area contributed by atoms with Crippen molar-refractivity contribution in [2.75, 3.05) is 0 Å². The summed E-state index contributed by atoms with van der Waals surface area (Å²) in [4.78, 5) is 12.0. The van der Waals surface area contributed by atoms with Gasteiger partial charge in [-0.15, -0.1) is 0 Å². The monoisotopic (exact) mass is 441 g/mol. The molecule has 4 nitrogen and oxygen atoms in total. The number of nitrogens with zero attached hydrogens (tertiary/aromatic N) is 1. The largest absolute Gasteiger partial charge is 0.508 e. The van der Waals surface area contributed by atoms with Crippen LogP contribution in [0.4, 0.5) is 22.0 Å². The molecule has 0 aliphatic heterocycles. The maximum Gasteiger partial charge on any atom is 0.418 e. The lowest BCUT2D eigenvalue weighted by molar-refractivity contribution is -0.271. The molecule has 3 rings (SSSR count). The zero-order valence-corrected chi connectivity index (χ0v) is 16.7. The standard InChI is InChI=1S/C22H20F5NO3/c1-20(2,15-9-13(23)7-8-17(15)29)11-21(31,22(25,26)27)12-28-16-6-4-3-5-14(16)18(30)10-19(28)24/h3-10,29,31H,11-12H2,1-2H3. The average Bonchev–Trinajstić information content (AvgIpc) is 2.66. The van der Waals surface area contributed by atoms with Gasteiger partial charge in [0.05, 0.1) is 12.1 Å². The molecule has 9 heteroatoms. The van der Waals surface area contributed by atoms with E-state index in [0.29, 0.717) is 10.6 Å². The first kappa shape index (κ1) is 22.7. The number of phenols is 1. The van der Waals surface area contributed by atoms with Crippen molar-refractivity contribution in [3.8, 4) is 5.75 Å². The number of pyridine rings is 1. The number of halogens is 5. The number of aromatic hydroxyl groups is 1. The van der Waals surface area contributed by atoms with Gasteiger partial charge in [0.25, 0.3) is 0 Å². The lowest BCUT2D eigenvalue weighted by Crippen LogP contribution is -2.52. The molecule has 166 valence electrons. The van der Waals surface area contributed by atoms with E-state index in [1.807, 2.05) is 0 Å². The Morgan fingerprint density at radius 2 is 1.65 bits per heavy atom. The summed E-state index contributed by atoms with van der Waals surface area (Å²) in [6, 6.07) is 8.94. The van der Waals surface area contributed by atoms with Gasteiger partial charge in [-0.05, 0) is 42.2 Å². The Bertz CT molecular complexity index is 1190. The Morgan fingerprint density at radius 1 is 1.00 bits per heavy atom. The fourth-order valence-electron chi connectivity index (χ4n) is 3.84. The molecule has 0 saturated carbocycles. The molecule has 2 N–H and O–H groups in total. The molecule has 1 aromatic heterocycles. The van der Waals surface area contributed by atoms with Gasteiger partial charge in [-0.1, -0.05) is 26.0 Å². The number of hydrogen-bond acceptors (Lipinski definition) is 3. The lowest BCUT2D eigenvalue weighted by atomic mass is 9.74. The van der Waals surface area contributed by atoms with E-state index in [9.17, 15) is 37.0 Å². The van der Waals surface area contributed by atoms with Crippen molar-refractivity contribution in [1.29, 1.82) is 0 Å². The maximum atomic E-state index is 14.6. The first-order valence-corrected chi connectivity index (χ1v) is 9.31. The van der Waals surface area contributed by atoms with Crippen LogP contribution in [0.1, 0.15) is 25.8 Å². The molecular formula is C22H20F5NO3. The molecule has 0 amide bonds. The van der Waals surface area contributed by atoms with Crippen LogP contribution < -0.4 is 5.43 Å². The third kappa shape index (κ3) is 4.27. The smallest absolute Gasteiger partial charge is 0.418 e. The van der Waals surface area contributed by atoms with Crippen molar-refractivity contribution in [2.24, 2.45) is 0 Å². The van der Waals surface area contributed by atoms with E-state index < -0.39 is 53.1 Å². The van der Waals surface area contributed by atoms with Gasteiger partial charge in [-0.3, -0.25) is 4.79 Å². The SMILES string of the molecule is CC(C)(CC(O)(Cn1c(F)cc(=O)c2ccccc21)C(F)(F)F)c1cc(F)ccc1O. The number of para-hydroxylation sites is 1. The number of fused-ring (bicyclic) bond motifs is 1. The summed E-state index contributed by atoms with van der Waals surface area (Å²) in [7, 11) is 0. The van der Waals surface area contributed by atoms with Gasteiger partial charge in [0.15, 0.2) is 17.0 Å². The summed E-state index contributed by atoms with van der Waals surface area (Å²) < 4.78 is 71.0. The number of rotatable bonds is 5. The van der Waals surface area contributed by atoms with Gasteiger partial charge in [0.1, 0.15) is 11.6 Å². The average molecular weight is 441 g/mol. The second-order valence-electron chi connectivity index (χ2n) is 8.19. The van der Waals surface area contributed by atoms with Crippen LogP contribution in [-0.2, 0) is 12.0 Å². The van der Waals surface area contributed by atoms with Crippen molar-refractivity contribution in [3.05, 3.63) is 76.1 Å². The predicted octanol–water partition coefficient (Wildman–Crippen LogP) is 4.65. The molecule has 31 heavy (non-hydrogen) atoms. The number of aromatic nitrogens is 1. The van der Waals surface area contributed by atoms with Crippen LogP contribution in [0.2, 0.25) is 0 Å². The maximum absolute atomic E-state index is 14.6. The topological polar surface area (TPSA) is 62.5 Å². The molecule has 1 atom stereocenters. The Hall–Kier alpha value is -2.94. The van der Waals surface area contributed by atoms with Crippen molar-refractivity contribution in [2.45, 2.75) is 44.0 Å². The van der Waals surface area contributed by atoms with E-state index in [0.717, 1.165) is 18.2 Å². The Morgan fingerprint density at radius 3 is 2.29 bits per heavy atom. The number of alkyl halides is 3. The van der Waals surface area contributed by atoms with Crippen LogP contribution in [0.5, 0.6) is 5.75 Å². The fraction of sp³-hybridized carbons (Fsp3) is 0.318. The molecular weight excluding hydrogens is 421 g/mol. The number of aliphatic hydroxyl groups is 1. The molecule has 0 bridgehead atoms. The second kappa shape index (κ2) is 7.64. The first-order valence-electron chi connectivity index (χ1n) is 9.31. The minimum absolute atomic E-state index is 0.00420. The van der Waals surface area contributed by atoms with Crippen molar-refractivity contribution in [1.82, 2.24) is 4.57 Å². The highest BCUT2D eigenvalue weighted by Crippen LogP contribution is 2.44. The minimum Gasteiger partial charge on any atom is -0.508 e. The summed E-state index contributed by atoms with van der Waals surface area (Å²) in [5.74, 6) is -2.44. The Labute approximate surface area is 174 Å². The van der Waals surface area contributed by atoms with Crippen molar-refractivity contribution >= 4 is 10.9 Å². The highest BCUT2D eigenvalue weighted by Gasteiger charge is 2.56. The summed E-state index contributed by atoms with van der Waals surface area (Å²) in [6.07, 6.45) is -6.22. The summed E-state index contributed by atoms with van der Waals surface area (Å²) in [6.45, 7) is 1.36. The number of phenolic OH excluding ortho intramolecular Hbond substituents is 1. The van der Waals surface area contributed by atoms with E-state index >= 15 is 0 Å². The molecule has 0 aliphatic rings. The van der Waals surface area contributed by atoms with Crippen LogP contribution in [0.3, 0.4) is 0 Å². The minimum atomic E-state index is -5.20. The molecule has 3 aromatic rings. The summed E-state index contributed by atoms with van der Waals surface area (Å²) in [5, 5.41) is 20.8. The zero-order chi connectivity index (χ0) is 23.2. The lowest BCUT2D eigenvalue weighted by Gasteiger charge is -2.38. The molecule has 0 spiro atoms. The quantitative estimate of drug-likeness (QED) is 0.448. The van der Waals surface area contributed by atoms with Gasteiger partial charge in [0, 0.05) is 17.0 Å². The van der Waals surface area contributed by atoms with Gasteiger partial charge >= 0.3 is 6.18 Å². The summed E-state index contributed by atoms with van der Waals surface area (Å²) >= 11 is 0. The van der Waals surface area contributed by atoms with E-state index in [-0.39, 0.29) is 16.5 Å². The molecule has 1 unspecified atom stereocenters. The van der Waals surface area contributed by atoms with E-state index in [1.165, 1.54) is 38.1 Å². The van der Waals surface area contributed by atoms with Gasteiger partial charge in [0.2, 0.25) is 0 Å². The highest BCUT2D eigenvalue weighted by molar-refractivity contribution is 5.78. The van der Waals surface area contributed by atoms with Crippen LogP contribution in [0, 0.1) is 11.8 Å². The van der Waals surface area contributed by atoms with E-state index in [2.05, 4.69) is 0 Å². The summed E-state index contributed by atoms with van der Waals surface area (Å²) in [5.41, 5.74) is -5.97. The normalized spacial score (nSPS) is 14.6. The molecule has 0 fully saturated rings. The first-order chi connectivity index (χ1) is 14.2. The second-order valence-corrected chi connectivity index (χ2v) is 8.19. The molecule has 0 radical (unpaired) electrons. The van der Waals surface area contributed by atoms with E-state index in [1.54, 1.807) is 0 Å². The Balaban J connectivity index is 2.12. The third-order valence-electron chi connectivity index (χ3n) is 5.34. The third-order valence-corrected chi connectivity index (χ3v) is 5.34. The van der Waals surface area contributed by atoms with Gasteiger partial charge in [-0.25, -0.2) is 4.39 Å². The Kier molecular flexibility index (Phi) is 5.60. The molecule has 0 aliphatic carbocycles. The van der Waals surface area contributed by atoms with Gasteiger partial charge in [-0.2, -0.15) is 17.6 Å². The number of benzene rings is 2.